The van der Waals surface area contributed by atoms with Gasteiger partial charge in [-0.3, -0.25) is 14.4 Å². The maximum absolute atomic E-state index is 12.4. The maximum Gasteiger partial charge on any atom is 0.328 e. The first-order valence-electron chi connectivity index (χ1n) is 9.39. The van der Waals surface area contributed by atoms with Crippen LogP contribution in [-0.2, 0) is 30.3 Å². The summed E-state index contributed by atoms with van der Waals surface area (Å²) in [6.45, 7) is 2.44. The number of benzene rings is 2. The minimum absolute atomic E-state index is 0.0433. The lowest BCUT2D eigenvalue weighted by molar-refractivity contribution is -0.144. The van der Waals surface area contributed by atoms with E-state index in [0.29, 0.717) is 5.56 Å². The van der Waals surface area contributed by atoms with Crippen molar-refractivity contribution < 1.29 is 33.4 Å². The van der Waals surface area contributed by atoms with Crippen LogP contribution in [0.15, 0.2) is 54.6 Å². The highest BCUT2D eigenvalue weighted by molar-refractivity contribution is 5.94. The summed E-state index contributed by atoms with van der Waals surface area (Å²) in [4.78, 5) is 46.9. The van der Waals surface area contributed by atoms with E-state index in [9.17, 15) is 19.2 Å². The third-order valence-corrected chi connectivity index (χ3v) is 3.99. The summed E-state index contributed by atoms with van der Waals surface area (Å²) in [5.41, 5.74) is 1.38. The molecule has 8 nitrogen and oxygen atoms in total. The third kappa shape index (κ3) is 7.77. The van der Waals surface area contributed by atoms with E-state index in [1.807, 2.05) is 30.3 Å². The van der Waals surface area contributed by atoms with Gasteiger partial charge in [0.2, 0.25) is 5.91 Å². The highest BCUT2D eigenvalue weighted by Gasteiger charge is 2.21. The van der Waals surface area contributed by atoms with Crippen LogP contribution in [0.4, 0.5) is 0 Å². The fourth-order valence-electron chi connectivity index (χ4n) is 2.68. The molecule has 162 valence electrons. The Morgan fingerprint density at radius 2 is 1.58 bits per heavy atom. The Balaban J connectivity index is 2.13. The Morgan fingerprint density at radius 3 is 2.19 bits per heavy atom. The molecule has 31 heavy (non-hydrogen) atoms. The SMILES string of the molecule is COC(=O)[C@H](Cc1ccccc1)NC(=O)/C=C/c1ccc(OC(C)=O)c(OC(C)=O)c1. The van der Waals surface area contributed by atoms with Gasteiger partial charge in [0.05, 0.1) is 7.11 Å². The molecular weight excluding hydrogens is 402 g/mol. The number of amides is 1. The van der Waals surface area contributed by atoms with Crippen molar-refractivity contribution >= 4 is 29.9 Å². The standard InChI is InChI=1S/C23H23NO7/c1-15(25)30-20-11-9-18(14-21(20)31-16(2)26)10-12-22(27)24-19(23(28)29-3)13-17-7-5-4-6-8-17/h4-12,14,19H,13H2,1-3H3,(H,24,27)/b12-10+/t19-/m0/s1. The lowest BCUT2D eigenvalue weighted by Crippen LogP contribution is -2.42. The van der Waals surface area contributed by atoms with Crippen molar-refractivity contribution in [1.29, 1.82) is 0 Å². The zero-order chi connectivity index (χ0) is 22.8. The maximum atomic E-state index is 12.4. The molecule has 8 heteroatoms. The quantitative estimate of drug-likeness (QED) is 0.393. The van der Waals surface area contributed by atoms with Crippen molar-refractivity contribution in [2.75, 3.05) is 7.11 Å². The van der Waals surface area contributed by atoms with Crippen LogP contribution in [0.1, 0.15) is 25.0 Å². The van der Waals surface area contributed by atoms with Gasteiger partial charge in [-0.05, 0) is 29.3 Å². The van der Waals surface area contributed by atoms with Gasteiger partial charge in [-0.25, -0.2) is 4.79 Å². The second kappa shape index (κ2) is 11.3. The predicted molar refractivity (Wildman–Crippen MR) is 112 cm³/mol. The fraction of sp³-hybridized carbons (Fsp3) is 0.217. The van der Waals surface area contributed by atoms with Crippen LogP contribution in [0.2, 0.25) is 0 Å². The number of carbonyl (C=O) groups is 4. The molecule has 0 radical (unpaired) electrons. The largest absolute Gasteiger partial charge is 0.467 e. The van der Waals surface area contributed by atoms with Crippen LogP contribution in [0, 0.1) is 0 Å². The summed E-state index contributed by atoms with van der Waals surface area (Å²) in [5.74, 6) is -2.10. The molecule has 0 fully saturated rings. The van der Waals surface area contributed by atoms with Gasteiger partial charge in [0, 0.05) is 26.3 Å². The molecule has 2 rings (SSSR count). The average Bonchev–Trinajstić information content (AvgIpc) is 2.73. The lowest BCUT2D eigenvalue weighted by Gasteiger charge is -2.15. The van der Waals surface area contributed by atoms with Crippen molar-refractivity contribution in [2.24, 2.45) is 0 Å². The lowest BCUT2D eigenvalue weighted by atomic mass is 10.1. The van der Waals surface area contributed by atoms with Crippen LogP contribution < -0.4 is 14.8 Å². The summed E-state index contributed by atoms with van der Waals surface area (Å²) < 4.78 is 14.8. The molecule has 0 unspecified atom stereocenters. The summed E-state index contributed by atoms with van der Waals surface area (Å²) in [7, 11) is 1.25. The Bertz CT molecular complexity index is 983. The normalized spacial score (nSPS) is 11.5. The topological polar surface area (TPSA) is 108 Å². The van der Waals surface area contributed by atoms with Crippen molar-refractivity contribution in [3.05, 3.63) is 65.7 Å². The Labute approximate surface area is 179 Å². The van der Waals surface area contributed by atoms with Gasteiger partial charge in [-0.15, -0.1) is 0 Å². The molecular formula is C23H23NO7. The van der Waals surface area contributed by atoms with E-state index in [0.717, 1.165) is 5.56 Å². The number of hydrogen-bond acceptors (Lipinski definition) is 7. The predicted octanol–water partition coefficient (Wildman–Crippen LogP) is 2.45. The first kappa shape index (κ1) is 23.3. The van der Waals surface area contributed by atoms with E-state index >= 15 is 0 Å². The molecule has 1 atom stereocenters. The summed E-state index contributed by atoms with van der Waals surface area (Å²) in [6, 6.07) is 12.9. The van der Waals surface area contributed by atoms with Crippen molar-refractivity contribution in [3.63, 3.8) is 0 Å². The molecule has 0 aliphatic carbocycles. The van der Waals surface area contributed by atoms with E-state index in [-0.39, 0.29) is 17.9 Å². The molecule has 0 heterocycles. The van der Waals surface area contributed by atoms with Gasteiger partial charge in [-0.1, -0.05) is 36.4 Å². The fourth-order valence-corrected chi connectivity index (χ4v) is 2.68. The highest BCUT2D eigenvalue weighted by Crippen LogP contribution is 2.29. The molecule has 0 aliphatic rings. The van der Waals surface area contributed by atoms with E-state index < -0.39 is 29.9 Å². The smallest absolute Gasteiger partial charge is 0.328 e. The van der Waals surface area contributed by atoms with E-state index in [4.69, 9.17) is 14.2 Å². The Hall–Kier alpha value is -3.94. The van der Waals surface area contributed by atoms with E-state index in [2.05, 4.69) is 5.32 Å². The number of rotatable bonds is 8. The van der Waals surface area contributed by atoms with Crippen LogP contribution in [0.25, 0.3) is 6.08 Å². The molecule has 0 bridgehead atoms. The molecule has 1 amide bonds. The average molecular weight is 425 g/mol. The molecule has 2 aromatic carbocycles. The highest BCUT2D eigenvalue weighted by atomic mass is 16.6. The molecule has 0 spiro atoms. The van der Waals surface area contributed by atoms with Crippen LogP contribution in [0.3, 0.4) is 0 Å². The van der Waals surface area contributed by atoms with Gasteiger partial charge in [0.1, 0.15) is 6.04 Å². The van der Waals surface area contributed by atoms with E-state index in [1.54, 1.807) is 6.07 Å². The second-order valence-corrected chi connectivity index (χ2v) is 6.50. The van der Waals surface area contributed by atoms with Gasteiger partial charge >= 0.3 is 17.9 Å². The molecule has 2 aromatic rings. The van der Waals surface area contributed by atoms with Crippen molar-refractivity contribution in [2.45, 2.75) is 26.3 Å². The summed E-state index contributed by atoms with van der Waals surface area (Å²) >= 11 is 0. The molecule has 0 aromatic heterocycles. The third-order valence-electron chi connectivity index (χ3n) is 3.99. The number of hydrogen-bond donors (Lipinski definition) is 1. The Kier molecular flexibility index (Phi) is 8.51. The molecule has 1 N–H and O–H groups in total. The summed E-state index contributed by atoms with van der Waals surface area (Å²) in [5, 5.41) is 2.62. The van der Waals surface area contributed by atoms with Crippen molar-refractivity contribution in [3.8, 4) is 11.5 Å². The van der Waals surface area contributed by atoms with Crippen LogP contribution >= 0.6 is 0 Å². The zero-order valence-electron chi connectivity index (χ0n) is 17.4. The number of esters is 3. The first-order valence-corrected chi connectivity index (χ1v) is 9.39. The monoisotopic (exact) mass is 425 g/mol. The Morgan fingerprint density at radius 1 is 0.935 bits per heavy atom. The zero-order valence-corrected chi connectivity index (χ0v) is 17.4. The number of methoxy groups -OCH3 is 1. The summed E-state index contributed by atoms with van der Waals surface area (Å²) in [6.07, 6.45) is 2.98. The number of nitrogens with one attached hydrogen (secondary N) is 1. The minimum Gasteiger partial charge on any atom is -0.467 e. The minimum atomic E-state index is -0.854. The molecule has 0 aliphatic heterocycles. The first-order chi connectivity index (χ1) is 14.8. The number of ether oxygens (including phenoxy) is 3. The molecule has 0 saturated heterocycles. The van der Waals surface area contributed by atoms with E-state index in [1.165, 1.54) is 45.2 Å². The molecule has 0 saturated carbocycles. The van der Waals surface area contributed by atoms with Crippen LogP contribution in [-0.4, -0.2) is 37.0 Å². The number of carbonyl (C=O) groups excluding carboxylic acids is 4. The van der Waals surface area contributed by atoms with Crippen molar-refractivity contribution in [1.82, 2.24) is 5.32 Å². The van der Waals surface area contributed by atoms with Gasteiger partial charge < -0.3 is 19.5 Å². The van der Waals surface area contributed by atoms with Gasteiger partial charge in [0.15, 0.2) is 11.5 Å². The second-order valence-electron chi connectivity index (χ2n) is 6.50. The van der Waals surface area contributed by atoms with Crippen LogP contribution in [0.5, 0.6) is 11.5 Å². The van der Waals surface area contributed by atoms with Gasteiger partial charge in [-0.2, -0.15) is 0 Å². The van der Waals surface area contributed by atoms with Gasteiger partial charge in [0.25, 0.3) is 0 Å².